The molecule has 0 saturated carbocycles. The second-order valence-electron chi connectivity index (χ2n) is 5.14. The zero-order chi connectivity index (χ0) is 15.2. The van der Waals surface area contributed by atoms with Crippen molar-refractivity contribution in [2.24, 2.45) is 0 Å². The van der Waals surface area contributed by atoms with Gasteiger partial charge in [0.2, 0.25) is 0 Å². The molecule has 0 atom stereocenters. The largest absolute Gasteiger partial charge is 0.395 e. The Bertz CT molecular complexity index is 679. The van der Waals surface area contributed by atoms with Crippen LogP contribution in [0.25, 0.3) is 5.69 Å². The lowest BCUT2D eigenvalue weighted by molar-refractivity contribution is 0.185. The Morgan fingerprint density at radius 2 is 1.95 bits per heavy atom. The molecule has 0 aliphatic carbocycles. The van der Waals surface area contributed by atoms with Crippen LogP contribution in [0.3, 0.4) is 0 Å². The SMILES string of the molecule is OCCN(Cc1cnn(-c2ccccc2)c1)Cc1cccs1. The van der Waals surface area contributed by atoms with Gasteiger partial charge in [0.05, 0.1) is 18.5 Å². The van der Waals surface area contributed by atoms with Crippen LogP contribution in [-0.2, 0) is 13.1 Å². The fourth-order valence-electron chi connectivity index (χ4n) is 2.40. The number of rotatable bonds is 7. The van der Waals surface area contributed by atoms with E-state index in [0.29, 0.717) is 6.54 Å². The number of benzene rings is 1. The molecule has 2 aromatic heterocycles. The van der Waals surface area contributed by atoms with Crippen LogP contribution in [0.15, 0.2) is 60.2 Å². The topological polar surface area (TPSA) is 41.3 Å². The van der Waals surface area contributed by atoms with Crippen LogP contribution in [-0.4, -0.2) is 32.9 Å². The summed E-state index contributed by atoms with van der Waals surface area (Å²) >= 11 is 1.75. The molecule has 22 heavy (non-hydrogen) atoms. The van der Waals surface area contributed by atoms with Crippen LogP contribution < -0.4 is 0 Å². The number of hydrogen-bond acceptors (Lipinski definition) is 4. The summed E-state index contributed by atoms with van der Waals surface area (Å²) in [5.41, 5.74) is 2.20. The van der Waals surface area contributed by atoms with Crippen molar-refractivity contribution in [3.05, 3.63) is 70.7 Å². The Hall–Kier alpha value is -1.95. The van der Waals surface area contributed by atoms with Gasteiger partial charge in [0.25, 0.3) is 0 Å². The molecule has 2 heterocycles. The summed E-state index contributed by atoms with van der Waals surface area (Å²) in [6.07, 6.45) is 3.94. The minimum absolute atomic E-state index is 0.165. The molecule has 0 unspecified atom stereocenters. The van der Waals surface area contributed by atoms with Gasteiger partial charge in [0, 0.05) is 36.3 Å². The molecule has 4 nitrogen and oxygen atoms in total. The fourth-order valence-corrected chi connectivity index (χ4v) is 3.15. The average molecular weight is 313 g/mol. The Labute approximate surface area is 134 Å². The minimum Gasteiger partial charge on any atom is -0.395 e. The summed E-state index contributed by atoms with van der Waals surface area (Å²) in [5.74, 6) is 0. The third-order valence-electron chi connectivity index (χ3n) is 3.44. The van der Waals surface area contributed by atoms with Crippen LogP contribution in [0, 0.1) is 0 Å². The third-order valence-corrected chi connectivity index (χ3v) is 4.30. The van der Waals surface area contributed by atoms with Gasteiger partial charge in [-0.25, -0.2) is 4.68 Å². The highest BCUT2D eigenvalue weighted by Crippen LogP contribution is 2.15. The lowest BCUT2D eigenvalue weighted by Crippen LogP contribution is -2.25. The quantitative estimate of drug-likeness (QED) is 0.729. The molecule has 1 N–H and O–H groups in total. The number of nitrogens with zero attached hydrogens (tertiary/aromatic N) is 3. The van der Waals surface area contributed by atoms with Crippen molar-refractivity contribution >= 4 is 11.3 Å². The maximum Gasteiger partial charge on any atom is 0.0645 e. The molecule has 0 amide bonds. The molecule has 114 valence electrons. The molecule has 5 heteroatoms. The average Bonchev–Trinajstić information content (AvgIpc) is 3.20. The molecule has 0 aliphatic rings. The van der Waals surface area contributed by atoms with E-state index < -0.39 is 0 Å². The Balaban J connectivity index is 1.69. The lowest BCUT2D eigenvalue weighted by atomic mass is 10.3. The van der Waals surface area contributed by atoms with E-state index in [-0.39, 0.29) is 6.61 Å². The van der Waals surface area contributed by atoms with Crippen LogP contribution in [0.5, 0.6) is 0 Å². The molecule has 0 spiro atoms. The van der Waals surface area contributed by atoms with Gasteiger partial charge < -0.3 is 5.11 Å². The first-order valence-corrected chi connectivity index (χ1v) is 8.17. The predicted molar refractivity (Wildman–Crippen MR) is 89.1 cm³/mol. The summed E-state index contributed by atoms with van der Waals surface area (Å²) < 4.78 is 1.89. The summed E-state index contributed by atoms with van der Waals surface area (Å²) in [6.45, 7) is 2.46. The van der Waals surface area contributed by atoms with E-state index in [0.717, 1.165) is 24.3 Å². The predicted octanol–water partition coefficient (Wildman–Crippen LogP) is 2.93. The van der Waals surface area contributed by atoms with Crippen molar-refractivity contribution < 1.29 is 5.11 Å². The van der Waals surface area contributed by atoms with Gasteiger partial charge >= 0.3 is 0 Å². The van der Waals surface area contributed by atoms with E-state index in [1.165, 1.54) is 4.88 Å². The van der Waals surface area contributed by atoms with Gasteiger partial charge in [-0.2, -0.15) is 5.10 Å². The van der Waals surface area contributed by atoms with Crippen molar-refractivity contribution in [1.82, 2.24) is 14.7 Å². The summed E-state index contributed by atoms with van der Waals surface area (Å²) in [7, 11) is 0. The summed E-state index contributed by atoms with van der Waals surface area (Å²) in [5, 5.41) is 15.8. The Morgan fingerprint density at radius 3 is 2.68 bits per heavy atom. The van der Waals surface area contributed by atoms with Gasteiger partial charge in [0.1, 0.15) is 0 Å². The standard InChI is InChI=1S/C17H19N3OS/c21-9-8-19(14-17-7-4-10-22-17)12-15-11-18-20(13-15)16-5-2-1-3-6-16/h1-7,10-11,13,21H,8-9,12,14H2. The highest BCUT2D eigenvalue weighted by Gasteiger charge is 2.09. The molecule has 3 aromatic rings. The van der Waals surface area contributed by atoms with E-state index in [4.69, 9.17) is 0 Å². The normalized spacial score (nSPS) is 11.2. The van der Waals surface area contributed by atoms with Gasteiger partial charge in [-0.15, -0.1) is 11.3 Å². The van der Waals surface area contributed by atoms with E-state index >= 15 is 0 Å². The molecule has 0 saturated heterocycles. The Kier molecular flexibility index (Phi) is 5.00. The van der Waals surface area contributed by atoms with Gasteiger partial charge in [0.15, 0.2) is 0 Å². The smallest absolute Gasteiger partial charge is 0.0645 e. The molecule has 0 aliphatic heterocycles. The molecular weight excluding hydrogens is 294 g/mol. The van der Waals surface area contributed by atoms with Crippen LogP contribution in [0.2, 0.25) is 0 Å². The first kappa shape index (κ1) is 15.0. The maximum absolute atomic E-state index is 9.27. The third kappa shape index (κ3) is 3.82. The van der Waals surface area contributed by atoms with Crippen LogP contribution in [0.4, 0.5) is 0 Å². The van der Waals surface area contributed by atoms with E-state index in [1.54, 1.807) is 11.3 Å². The monoisotopic (exact) mass is 313 g/mol. The number of aromatic nitrogens is 2. The van der Waals surface area contributed by atoms with Crippen molar-refractivity contribution in [3.63, 3.8) is 0 Å². The number of hydrogen-bond donors (Lipinski definition) is 1. The molecule has 0 radical (unpaired) electrons. The Morgan fingerprint density at radius 1 is 1.09 bits per heavy atom. The lowest BCUT2D eigenvalue weighted by Gasteiger charge is -2.19. The highest BCUT2D eigenvalue weighted by atomic mass is 32.1. The number of thiophene rings is 1. The second-order valence-corrected chi connectivity index (χ2v) is 6.17. The second kappa shape index (κ2) is 7.35. The van der Waals surface area contributed by atoms with E-state index in [1.807, 2.05) is 47.4 Å². The first-order chi connectivity index (χ1) is 10.8. The maximum atomic E-state index is 9.27. The number of para-hydroxylation sites is 1. The van der Waals surface area contributed by atoms with Crippen molar-refractivity contribution in [1.29, 1.82) is 0 Å². The molecule has 0 fully saturated rings. The highest BCUT2D eigenvalue weighted by molar-refractivity contribution is 7.09. The number of aliphatic hydroxyl groups is 1. The van der Waals surface area contributed by atoms with Gasteiger partial charge in [-0.1, -0.05) is 24.3 Å². The van der Waals surface area contributed by atoms with Gasteiger partial charge in [-0.05, 0) is 23.6 Å². The minimum atomic E-state index is 0.165. The molecule has 1 aromatic carbocycles. The zero-order valence-electron chi connectivity index (χ0n) is 12.3. The molecule has 3 rings (SSSR count). The van der Waals surface area contributed by atoms with Crippen LogP contribution >= 0.6 is 11.3 Å². The van der Waals surface area contributed by atoms with Crippen molar-refractivity contribution in [2.45, 2.75) is 13.1 Å². The van der Waals surface area contributed by atoms with Crippen molar-refractivity contribution in [3.8, 4) is 5.69 Å². The summed E-state index contributed by atoms with van der Waals surface area (Å²) in [6, 6.07) is 14.3. The molecular formula is C17H19N3OS. The van der Waals surface area contributed by atoms with Gasteiger partial charge in [-0.3, -0.25) is 4.90 Å². The molecule has 0 bridgehead atoms. The summed E-state index contributed by atoms with van der Waals surface area (Å²) in [4.78, 5) is 3.54. The van der Waals surface area contributed by atoms with Crippen LogP contribution in [0.1, 0.15) is 10.4 Å². The number of aliphatic hydroxyl groups excluding tert-OH is 1. The zero-order valence-corrected chi connectivity index (χ0v) is 13.1. The van der Waals surface area contributed by atoms with Crippen molar-refractivity contribution in [2.75, 3.05) is 13.2 Å². The van der Waals surface area contributed by atoms with E-state index in [2.05, 4.69) is 27.5 Å². The van der Waals surface area contributed by atoms with E-state index in [9.17, 15) is 5.11 Å². The fraction of sp³-hybridized carbons (Fsp3) is 0.235. The first-order valence-electron chi connectivity index (χ1n) is 7.30.